The monoisotopic (exact) mass is 582 g/mol. The number of unbranched alkanes of at least 4 members (excludes halogenated alkanes) is 1. The molecule has 0 radical (unpaired) electrons. The molecular formula is C35H38N2O6. The third kappa shape index (κ3) is 7.18. The number of carboxylic acid groups (broad SMARTS) is 2. The molecule has 0 spiro atoms. The smallest absolute Gasteiger partial charge is 0.320 e. The molecule has 1 atom stereocenters. The molecule has 0 unspecified atom stereocenters. The summed E-state index contributed by atoms with van der Waals surface area (Å²) in [6.45, 7) is 1.79. The molecule has 1 fully saturated rings. The Balaban J connectivity index is 1.44. The van der Waals surface area contributed by atoms with Gasteiger partial charge in [0, 0.05) is 30.2 Å². The van der Waals surface area contributed by atoms with Gasteiger partial charge in [-0.1, -0.05) is 55.0 Å². The summed E-state index contributed by atoms with van der Waals surface area (Å²) in [6, 6.07) is 19.4. The number of carboxylic acids is 2. The van der Waals surface area contributed by atoms with E-state index in [-0.39, 0.29) is 13.0 Å². The maximum absolute atomic E-state index is 12.0. The Bertz CT molecular complexity index is 1500. The second kappa shape index (κ2) is 14.2. The van der Waals surface area contributed by atoms with Crippen LogP contribution in [0.5, 0.6) is 11.5 Å². The fraction of sp³-hybridized carbons (Fsp3) is 0.400. The molecule has 5 rings (SSSR count). The van der Waals surface area contributed by atoms with Gasteiger partial charge in [-0.2, -0.15) is 5.26 Å². The summed E-state index contributed by atoms with van der Waals surface area (Å²) in [4.78, 5) is 25.1. The molecule has 0 amide bonds. The van der Waals surface area contributed by atoms with E-state index in [0.29, 0.717) is 43.7 Å². The zero-order valence-corrected chi connectivity index (χ0v) is 24.4. The highest BCUT2D eigenvalue weighted by molar-refractivity contribution is 5.74. The van der Waals surface area contributed by atoms with Gasteiger partial charge in [0.2, 0.25) is 0 Å². The van der Waals surface area contributed by atoms with Crippen LogP contribution in [0.3, 0.4) is 0 Å². The average molecular weight is 583 g/mol. The molecule has 0 bridgehead atoms. The van der Waals surface area contributed by atoms with Crippen molar-refractivity contribution in [3.63, 3.8) is 0 Å². The van der Waals surface area contributed by atoms with E-state index in [1.54, 1.807) is 0 Å². The third-order valence-corrected chi connectivity index (χ3v) is 8.47. The van der Waals surface area contributed by atoms with Crippen LogP contribution in [0.1, 0.15) is 72.8 Å². The highest BCUT2D eigenvalue weighted by Gasteiger charge is 2.32. The molecule has 0 aromatic heterocycles. The Morgan fingerprint density at radius 1 is 0.930 bits per heavy atom. The van der Waals surface area contributed by atoms with Gasteiger partial charge in [-0.3, -0.25) is 14.5 Å². The first-order valence-corrected chi connectivity index (χ1v) is 15.2. The maximum Gasteiger partial charge on any atom is 0.320 e. The lowest BCUT2D eigenvalue weighted by Crippen LogP contribution is -2.44. The van der Waals surface area contributed by atoms with Gasteiger partial charge >= 0.3 is 11.9 Å². The first kappa shape index (κ1) is 30.1. The van der Waals surface area contributed by atoms with Gasteiger partial charge in [-0.05, 0) is 73.7 Å². The molecular weight excluding hydrogens is 544 g/mol. The largest absolute Gasteiger partial charge is 0.493 e. The van der Waals surface area contributed by atoms with E-state index in [2.05, 4.69) is 6.07 Å². The Morgan fingerprint density at radius 2 is 1.74 bits per heavy atom. The molecule has 3 aromatic carbocycles. The number of nitriles is 1. The van der Waals surface area contributed by atoms with Crippen LogP contribution >= 0.6 is 0 Å². The average Bonchev–Trinajstić information content (AvgIpc) is 3.51. The van der Waals surface area contributed by atoms with Gasteiger partial charge in [0.15, 0.2) is 0 Å². The van der Waals surface area contributed by atoms with Crippen LogP contribution in [-0.2, 0) is 35.6 Å². The van der Waals surface area contributed by atoms with E-state index < -0.39 is 18.0 Å². The lowest BCUT2D eigenvalue weighted by Gasteiger charge is -2.34. The molecule has 0 saturated carbocycles. The normalized spacial score (nSPS) is 16.3. The number of aliphatic carboxylic acids is 2. The molecule has 224 valence electrons. The van der Waals surface area contributed by atoms with Crippen LogP contribution in [0, 0.1) is 11.3 Å². The van der Waals surface area contributed by atoms with Crippen molar-refractivity contribution in [3.8, 4) is 28.7 Å². The van der Waals surface area contributed by atoms with Gasteiger partial charge in [-0.25, -0.2) is 0 Å². The highest BCUT2D eigenvalue weighted by atomic mass is 16.5. The molecule has 43 heavy (non-hydrogen) atoms. The fourth-order valence-corrected chi connectivity index (χ4v) is 6.31. The molecule has 8 heteroatoms. The summed E-state index contributed by atoms with van der Waals surface area (Å²) in [7, 11) is 0. The number of ether oxygens (including phenoxy) is 2. The number of piperidine rings is 1. The van der Waals surface area contributed by atoms with Gasteiger partial charge in [0.1, 0.15) is 30.2 Å². The summed E-state index contributed by atoms with van der Waals surface area (Å²) in [5, 5.41) is 29.0. The summed E-state index contributed by atoms with van der Waals surface area (Å²) in [5.41, 5.74) is 6.51. The Labute approximate surface area is 252 Å². The van der Waals surface area contributed by atoms with Crippen molar-refractivity contribution in [2.75, 3.05) is 13.2 Å². The first-order chi connectivity index (χ1) is 21.0. The van der Waals surface area contributed by atoms with Crippen molar-refractivity contribution < 1.29 is 29.3 Å². The van der Waals surface area contributed by atoms with Crippen LogP contribution in [0.15, 0.2) is 54.6 Å². The summed E-state index contributed by atoms with van der Waals surface area (Å²) in [5.74, 6) is -0.233. The zero-order valence-electron chi connectivity index (χ0n) is 24.4. The fourth-order valence-electron chi connectivity index (χ4n) is 6.31. The summed E-state index contributed by atoms with van der Waals surface area (Å²) >= 11 is 0. The van der Waals surface area contributed by atoms with Crippen molar-refractivity contribution >= 4 is 11.9 Å². The Kier molecular flexibility index (Phi) is 9.96. The molecule has 1 aliphatic heterocycles. The number of benzene rings is 3. The minimum absolute atomic E-state index is 0.0894. The number of rotatable bonds is 13. The van der Waals surface area contributed by atoms with E-state index in [1.165, 1.54) is 0 Å². The number of hydrogen-bond donors (Lipinski definition) is 2. The topological polar surface area (TPSA) is 120 Å². The van der Waals surface area contributed by atoms with Crippen molar-refractivity contribution in [1.29, 1.82) is 5.26 Å². The summed E-state index contributed by atoms with van der Waals surface area (Å²) < 4.78 is 12.8. The molecule has 2 N–H and O–H groups in total. The molecule has 1 saturated heterocycles. The van der Waals surface area contributed by atoms with Gasteiger partial charge in [0.25, 0.3) is 0 Å². The Morgan fingerprint density at radius 3 is 2.51 bits per heavy atom. The van der Waals surface area contributed by atoms with Gasteiger partial charge in [0.05, 0.1) is 12.2 Å². The van der Waals surface area contributed by atoms with E-state index >= 15 is 0 Å². The van der Waals surface area contributed by atoms with E-state index in [0.717, 1.165) is 77.8 Å². The second-order valence-corrected chi connectivity index (χ2v) is 11.3. The van der Waals surface area contributed by atoms with Crippen molar-refractivity contribution in [1.82, 2.24) is 4.90 Å². The van der Waals surface area contributed by atoms with Crippen LogP contribution in [0.25, 0.3) is 11.1 Å². The number of likely N-dealkylation sites (tertiary alicyclic amines) is 1. The molecule has 1 heterocycles. The van der Waals surface area contributed by atoms with E-state index in [1.807, 2.05) is 59.5 Å². The van der Waals surface area contributed by atoms with Crippen molar-refractivity contribution in [3.05, 3.63) is 82.4 Å². The number of nitrogens with zero attached hydrogens (tertiary/aromatic N) is 2. The predicted octanol–water partition coefficient (Wildman–Crippen LogP) is 6.37. The van der Waals surface area contributed by atoms with E-state index in [4.69, 9.17) is 14.6 Å². The van der Waals surface area contributed by atoms with Gasteiger partial charge in [-0.15, -0.1) is 0 Å². The lowest BCUT2D eigenvalue weighted by atomic mass is 9.96. The van der Waals surface area contributed by atoms with Crippen LogP contribution in [-0.4, -0.2) is 46.2 Å². The van der Waals surface area contributed by atoms with Crippen LogP contribution in [0.2, 0.25) is 0 Å². The Hall–Kier alpha value is -4.35. The standard InChI is InChI=1S/C35H38N2O6/c36-21-29-25(12-8-13-26(29)24-10-2-1-3-11-24)23-43-32-20-33(42-19-7-5-17-34(38)39)30(27-14-9-15-28(27)32)22-37-18-6-4-16-31(37)35(40)41/h1-3,8,10-13,20,31H,4-7,9,14-19,22-23H2,(H,38,39)(H,40,41)/t31-/m0/s1. The number of carbonyl (C=O) groups is 2. The highest BCUT2D eigenvalue weighted by Crippen LogP contribution is 2.41. The number of fused-ring (bicyclic) bond motifs is 1. The van der Waals surface area contributed by atoms with Crippen molar-refractivity contribution in [2.45, 2.75) is 77.0 Å². The zero-order chi connectivity index (χ0) is 30.2. The van der Waals surface area contributed by atoms with Crippen LogP contribution in [0.4, 0.5) is 0 Å². The second-order valence-electron chi connectivity index (χ2n) is 11.3. The lowest BCUT2D eigenvalue weighted by molar-refractivity contribution is -0.145. The summed E-state index contributed by atoms with van der Waals surface area (Å²) in [6.07, 6.45) is 6.38. The van der Waals surface area contributed by atoms with Crippen LogP contribution < -0.4 is 9.47 Å². The predicted molar refractivity (Wildman–Crippen MR) is 162 cm³/mol. The number of hydrogen-bond acceptors (Lipinski definition) is 6. The quantitative estimate of drug-likeness (QED) is 0.223. The molecule has 1 aliphatic carbocycles. The third-order valence-electron chi connectivity index (χ3n) is 8.47. The molecule has 3 aromatic rings. The molecule has 2 aliphatic rings. The first-order valence-electron chi connectivity index (χ1n) is 15.2. The van der Waals surface area contributed by atoms with Crippen molar-refractivity contribution in [2.24, 2.45) is 0 Å². The SMILES string of the molecule is N#Cc1c(COc2cc(OCCCCC(=O)O)c(CN3CCCC[C@H]3C(=O)O)c3c2CCC3)cccc1-c1ccccc1. The minimum Gasteiger partial charge on any atom is -0.493 e. The molecule has 8 nitrogen and oxygen atoms in total. The maximum atomic E-state index is 12.0. The van der Waals surface area contributed by atoms with E-state index in [9.17, 15) is 20.0 Å². The minimum atomic E-state index is -0.827. The van der Waals surface area contributed by atoms with Gasteiger partial charge < -0.3 is 19.7 Å².